The third-order valence-electron chi connectivity index (χ3n) is 3.79. The molecule has 21 heavy (non-hydrogen) atoms. The number of esters is 1. The number of carbonyl (C=O) groups is 1. The highest BCUT2D eigenvalue weighted by atomic mass is 16.5. The summed E-state index contributed by atoms with van der Waals surface area (Å²) in [5, 5.41) is 9.05. The molecule has 1 fully saturated rings. The Labute approximate surface area is 125 Å². The molecular weight excluding hydrogens is 270 g/mol. The second-order valence-corrected chi connectivity index (χ2v) is 5.14. The number of hydrogen-bond donors (Lipinski definition) is 2. The Morgan fingerprint density at radius 2 is 2.14 bits per heavy atom. The van der Waals surface area contributed by atoms with Crippen LogP contribution in [0.1, 0.15) is 16.8 Å². The maximum atomic E-state index is 11.9. The number of β-amino-alcohol motifs (C(OH)–C–C–N with tert-alkyl or cyclic N) is 1. The van der Waals surface area contributed by atoms with Crippen LogP contribution < -0.4 is 10.6 Å². The first-order valence-corrected chi connectivity index (χ1v) is 7.22. The second kappa shape index (κ2) is 7.28. The number of aliphatic hydroxyl groups excluding tert-OH is 1. The highest BCUT2D eigenvalue weighted by Crippen LogP contribution is 2.29. The van der Waals surface area contributed by atoms with E-state index in [1.54, 1.807) is 18.2 Å². The monoisotopic (exact) mass is 293 g/mol. The normalized spacial score (nSPS) is 16.6. The minimum absolute atomic E-state index is 0.168. The summed E-state index contributed by atoms with van der Waals surface area (Å²) in [6, 6.07) is 5.31. The summed E-state index contributed by atoms with van der Waals surface area (Å²) < 4.78 is 4.85. The molecule has 1 saturated heterocycles. The molecule has 1 heterocycles. The molecule has 2 rings (SSSR count). The predicted octanol–water partition coefficient (Wildman–Crippen LogP) is 0.560. The first-order valence-electron chi connectivity index (χ1n) is 7.22. The second-order valence-electron chi connectivity index (χ2n) is 5.14. The zero-order chi connectivity index (χ0) is 15.2. The number of nitrogen functional groups attached to an aromatic ring is 1. The van der Waals surface area contributed by atoms with Crippen LogP contribution in [0.2, 0.25) is 0 Å². The fourth-order valence-electron chi connectivity index (χ4n) is 2.75. The Morgan fingerprint density at radius 3 is 2.86 bits per heavy atom. The van der Waals surface area contributed by atoms with Crippen molar-refractivity contribution in [3.05, 3.63) is 23.8 Å². The third-order valence-corrected chi connectivity index (χ3v) is 3.79. The molecule has 0 atom stereocenters. The quantitative estimate of drug-likeness (QED) is 0.624. The van der Waals surface area contributed by atoms with E-state index in [0.29, 0.717) is 17.8 Å². The van der Waals surface area contributed by atoms with Gasteiger partial charge in [0, 0.05) is 26.2 Å². The van der Waals surface area contributed by atoms with E-state index in [0.717, 1.165) is 38.3 Å². The number of hydrogen-bond acceptors (Lipinski definition) is 6. The summed E-state index contributed by atoms with van der Waals surface area (Å²) >= 11 is 0. The molecule has 0 saturated carbocycles. The van der Waals surface area contributed by atoms with Crippen molar-refractivity contribution in [3.8, 4) is 0 Å². The SMILES string of the molecule is COC(=O)c1cccc(N)c1N1CCCN(CCO)CC1. The zero-order valence-corrected chi connectivity index (χ0v) is 12.4. The van der Waals surface area contributed by atoms with E-state index in [1.807, 2.05) is 0 Å². The lowest BCUT2D eigenvalue weighted by atomic mass is 10.1. The summed E-state index contributed by atoms with van der Waals surface area (Å²) in [6.45, 7) is 4.24. The highest BCUT2D eigenvalue weighted by Gasteiger charge is 2.22. The van der Waals surface area contributed by atoms with E-state index in [4.69, 9.17) is 15.6 Å². The molecule has 1 aliphatic rings. The first-order chi connectivity index (χ1) is 10.2. The van der Waals surface area contributed by atoms with Crippen molar-refractivity contribution in [1.82, 2.24) is 4.90 Å². The molecule has 0 aromatic heterocycles. The van der Waals surface area contributed by atoms with Gasteiger partial charge in [-0.05, 0) is 25.1 Å². The molecule has 0 unspecified atom stereocenters. The number of benzene rings is 1. The van der Waals surface area contributed by atoms with Crippen molar-refractivity contribution in [2.45, 2.75) is 6.42 Å². The van der Waals surface area contributed by atoms with Gasteiger partial charge in [0.2, 0.25) is 0 Å². The number of rotatable bonds is 4. The Bertz CT molecular complexity index is 493. The summed E-state index contributed by atoms with van der Waals surface area (Å²) in [7, 11) is 1.38. The van der Waals surface area contributed by atoms with Crippen LogP contribution in [-0.4, -0.2) is 62.4 Å². The number of ether oxygens (including phenoxy) is 1. The van der Waals surface area contributed by atoms with E-state index in [9.17, 15) is 4.79 Å². The fraction of sp³-hybridized carbons (Fsp3) is 0.533. The maximum absolute atomic E-state index is 11.9. The van der Waals surface area contributed by atoms with Gasteiger partial charge in [-0.3, -0.25) is 4.90 Å². The van der Waals surface area contributed by atoms with E-state index in [-0.39, 0.29) is 12.6 Å². The van der Waals surface area contributed by atoms with Crippen LogP contribution in [0.3, 0.4) is 0 Å². The first kappa shape index (κ1) is 15.6. The molecule has 1 aliphatic heterocycles. The standard InChI is InChI=1S/C15H23N3O3/c1-21-15(20)12-4-2-5-13(16)14(12)18-7-3-6-17(8-9-18)10-11-19/h2,4-5,19H,3,6-11,16H2,1H3. The fourth-order valence-corrected chi connectivity index (χ4v) is 2.75. The molecule has 116 valence electrons. The molecule has 1 aromatic rings. The number of nitrogens with two attached hydrogens (primary N) is 1. The van der Waals surface area contributed by atoms with Crippen LogP contribution in [-0.2, 0) is 4.74 Å². The largest absolute Gasteiger partial charge is 0.465 e. The Hall–Kier alpha value is -1.79. The third kappa shape index (κ3) is 3.65. The van der Waals surface area contributed by atoms with Gasteiger partial charge in [-0.2, -0.15) is 0 Å². The number of nitrogens with zero attached hydrogens (tertiary/aromatic N) is 2. The van der Waals surface area contributed by atoms with E-state index < -0.39 is 0 Å². The minimum Gasteiger partial charge on any atom is -0.465 e. The summed E-state index contributed by atoms with van der Waals surface area (Å²) in [5.74, 6) is -0.367. The number of para-hydroxylation sites is 1. The van der Waals surface area contributed by atoms with Crippen molar-refractivity contribution in [2.24, 2.45) is 0 Å². The van der Waals surface area contributed by atoms with Gasteiger partial charge < -0.3 is 20.5 Å². The number of aliphatic hydroxyl groups is 1. The predicted molar refractivity (Wildman–Crippen MR) is 82.5 cm³/mol. The Kier molecular flexibility index (Phi) is 5.41. The summed E-state index contributed by atoms with van der Waals surface area (Å²) in [5.41, 5.74) is 7.94. The van der Waals surface area contributed by atoms with Gasteiger partial charge in [0.1, 0.15) is 0 Å². The number of methoxy groups -OCH3 is 1. The van der Waals surface area contributed by atoms with E-state index >= 15 is 0 Å². The van der Waals surface area contributed by atoms with E-state index in [1.165, 1.54) is 7.11 Å². The Morgan fingerprint density at radius 1 is 1.33 bits per heavy atom. The molecule has 0 amide bonds. The molecule has 6 nitrogen and oxygen atoms in total. The molecule has 1 aromatic carbocycles. The van der Waals surface area contributed by atoms with Gasteiger partial charge in [0.25, 0.3) is 0 Å². The molecule has 0 radical (unpaired) electrons. The van der Waals surface area contributed by atoms with Gasteiger partial charge >= 0.3 is 5.97 Å². The van der Waals surface area contributed by atoms with Crippen LogP contribution in [0, 0.1) is 0 Å². The van der Waals surface area contributed by atoms with Crippen LogP contribution >= 0.6 is 0 Å². The van der Waals surface area contributed by atoms with Crippen molar-refractivity contribution in [1.29, 1.82) is 0 Å². The van der Waals surface area contributed by atoms with Crippen molar-refractivity contribution in [3.63, 3.8) is 0 Å². The van der Waals surface area contributed by atoms with Crippen molar-refractivity contribution >= 4 is 17.3 Å². The average molecular weight is 293 g/mol. The molecular formula is C15H23N3O3. The summed E-state index contributed by atoms with van der Waals surface area (Å²) in [4.78, 5) is 16.3. The molecule has 3 N–H and O–H groups in total. The van der Waals surface area contributed by atoms with Gasteiger partial charge in [0.05, 0.1) is 30.7 Å². The lowest BCUT2D eigenvalue weighted by molar-refractivity contribution is 0.0601. The van der Waals surface area contributed by atoms with Gasteiger partial charge in [-0.15, -0.1) is 0 Å². The van der Waals surface area contributed by atoms with Gasteiger partial charge in [-0.25, -0.2) is 4.79 Å². The maximum Gasteiger partial charge on any atom is 0.340 e. The van der Waals surface area contributed by atoms with E-state index in [2.05, 4.69) is 9.80 Å². The number of carbonyl (C=O) groups excluding carboxylic acids is 1. The molecule has 0 spiro atoms. The number of anilines is 2. The molecule has 0 bridgehead atoms. The van der Waals surface area contributed by atoms with Gasteiger partial charge in [-0.1, -0.05) is 6.07 Å². The van der Waals surface area contributed by atoms with Gasteiger partial charge in [0.15, 0.2) is 0 Å². The highest BCUT2D eigenvalue weighted by molar-refractivity contribution is 5.99. The minimum atomic E-state index is -0.367. The van der Waals surface area contributed by atoms with Crippen molar-refractivity contribution < 1.29 is 14.6 Å². The van der Waals surface area contributed by atoms with Crippen LogP contribution in [0.5, 0.6) is 0 Å². The van der Waals surface area contributed by atoms with Crippen LogP contribution in [0.4, 0.5) is 11.4 Å². The average Bonchev–Trinajstić information content (AvgIpc) is 2.72. The lowest BCUT2D eigenvalue weighted by Gasteiger charge is -2.26. The lowest BCUT2D eigenvalue weighted by Crippen LogP contribution is -2.33. The van der Waals surface area contributed by atoms with Crippen LogP contribution in [0.25, 0.3) is 0 Å². The Balaban J connectivity index is 2.23. The summed E-state index contributed by atoms with van der Waals surface area (Å²) in [6.07, 6.45) is 0.967. The van der Waals surface area contributed by atoms with Crippen LogP contribution in [0.15, 0.2) is 18.2 Å². The topological polar surface area (TPSA) is 79.0 Å². The van der Waals surface area contributed by atoms with Crippen molar-refractivity contribution in [2.75, 3.05) is 57.1 Å². The zero-order valence-electron chi connectivity index (χ0n) is 12.4. The molecule has 6 heteroatoms. The smallest absolute Gasteiger partial charge is 0.340 e. The molecule has 0 aliphatic carbocycles.